The summed E-state index contributed by atoms with van der Waals surface area (Å²) in [5, 5.41) is 3.02. The van der Waals surface area contributed by atoms with Crippen molar-refractivity contribution >= 4 is 27.5 Å². The standard InChI is InChI=1S/C13H18BrN3O/c1-13(2,3)16-12(18)9-7-17(8-9)11-4-5-15-6-10(11)14/h4-6,9H,7-8H2,1-3H3,(H,16,18). The minimum absolute atomic E-state index is 0.0873. The van der Waals surface area contributed by atoms with E-state index >= 15 is 0 Å². The van der Waals surface area contributed by atoms with E-state index in [1.165, 1.54) is 0 Å². The number of hydrogen-bond acceptors (Lipinski definition) is 3. The number of hydrogen-bond donors (Lipinski definition) is 1. The molecule has 0 atom stereocenters. The third-order valence-electron chi connectivity index (χ3n) is 2.84. The molecule has 4 nitrogen and oxygen atoms in total. The first-order valence-corrected chi connectivity index (χ1v) is 6.82. The zero-order valence-electron chi connectivity index (χ0n) is 10.9. The first-order valence-electron chi connectivity index (χ1n) is 6.03. The van der Waals surface area contributed by atoms with Gasteiger partial charge in [0, 0.05) is 31.0 Å². The number of rotatable bonds is 2. The van der Waals surface area contributed by atoms with Crippen LogP contribution in [0.25, 0.3) is 0 Å². The van der Waals surface area contributed by atoms with Crippen LogP contribution in [0.2, 0.25) is 0 Å². The lowest BCUT2D eigenvalue weighted by atomic mass is 9.96. The van der Waals surface area contributed by atoms with Gasteiger partial charge in [0.15, 0.2) is 0 Å². The molecule has 0 aliphatic carbocycles. The highest BCUT2D eigenvalue weighted by Crippen LogP contribution is 2.30. The number of carbonyl (C=O) groups is 1. The summed E-state index contributed by atoms with van der Waals surface area (Å²) in [6, 6.07) is 1.96. The molecule has 1 aromatic rings. The largest absolute Gasteiger partial charge is 0.369 e. The summed E-state index contributed by atoms with van der Waals surface area (Å²) in [5.74, 6) is 0.230. The van der Waals surface area contributed by atoms with E-state index in [-0.39, 0.29) is 17.4 Å². The van der Waals surface area contributed by atoms with Crippen LogP contribution in [0, 0.1) is 5.92 Å². The van der Waals surface area contributed by atoms with E-state index < -0.39 is 0 Å². The van der Waals surface area contributed by atoms with Crippen molar-refractivity contribution < 1.29 is 4.79 Å². The summed E-state index contributed by atoms with van der Waals surface area (Å²) < 4.78 is 0.972. The Kier molecular flexibility index (Phi) is 3.61. The molecule has 1 aliphatic rings. The van der Waals surface area contributed by atoms with Gasteiger partial charge in [-0.25, -0.2) is 0 Å². The zero-order valence-corrected chi connectivity index (χ0v) is 12.5. The highest BCUT2D eigenvalue weighted by Gasteiger charge is 2.34. The number of anilines is 1. The zero-order chi connectivity index (χ0) is 13.3. The van der Waals surface area contributed by atoms with Crippen LogP contribution in [0.3, 0.4) is 0 Å². The topological polar surface area (TPSA) is 45.2 Å². The third-order valence-corrected chi connectivity index (χ3v) is 3.45. The van der Waals surface area contributed by atoms with E-state index in [4.69, 9.17) is 0 Å². The normalized spacial score (nSPS) is 16.3. The van der Waals surface area contributed by atoms with Crippen LogP contribution in [0.4, 0.5) is 5.69 Å². The van der Waals surface area contributed by atoms with E-state index in [1.807, 2.05) is 26.8 Å². The van der Waals surface area contributed by atoms with E-state index in [0.717, 1.165) is 23.2 Å². The van der Waals surface area contributed by atoms with Crippen molar-refractivity contribution in [1.82, 2.24) is 10.3 Å². The number of carbonyl (C=O) groups excluding carboxylic acids is 1. The molecule has 1 amide bonds. The maximum atomic E-state index is 11.9. The van der Waals surface area contributed by atoms with Crippen LogP contribution in [-0.2, 0) is 4.79 Å². The van der Waals surface area contributed by atoms with Crippen molar-refractivity contribution in [1.29, 1.82) is 0 Å². The molecular weight excluding hydrogens is 294 g/mol. The first-order chi connectivity index (χ1) is 8.37. The molecule has 0 spiro atoms. The van der Waals surface area contributed by atoms with Crippen LogP contribution in [0.1, 0.15) is 20.8 Å². The second-order valence-electron chi connectivity index (χ2n) is 5.67. The molecule has 1 saturated heterocycles. The van der Waals surface area contributed by atoms with Gasteiger partial charge in [-0.15, -0.1) is 0 Å². The molecule has 2 rings (SSSR count). The Morgan fingerprint density at radius 3 is 2.72 bits per heavy atom. The average molecular weight is 312 g/mol. The fraction of sp³-hybridized carbons (Fsp3) is 0.538. The monoisotopic (exact) mass is 311 g/mol. The van der Waals surface area contributed by atoms with Gasteiger partial charge in [-0.3, -0.25) is 9.78 Å². The lowest BCUT2D eigenvalue weighted by molar-refractivity contribution is -0.127. The van der Waals surface area contributed by atoms with Gasteiger partial charge in [0.05, 0.1) is 16.1 Å². The average Bonchev–Trinajstić information content (AvgIpc) is 2.15. The Hall–Kier alpha value is -1.10. The summed E-state index contributed by atoms with van der Waals surface area (Å²) in [7, 11) is 0. The maximum absolute atomic E-state index is 11.9. The number of amides is 1. The fourth-order valence-electron chi connectivity index (χ4n) is 1.94. The Morgan fingerprint density at radius 1 is 1.50 bits per heavy atom. The molecule has 1 fully saturated rings. The molecular formula is C13H18BrN3O. The summed E-state index contributed by atoms with van der Waals surface area (Å²) in [5.41, 5.74) is 0.944. The van der Waals surface area contributed by atoms with Crippen LogP contribution in [0.15, 0.2) is 22.9 Å². The lowest BCUT2D eigenvalue weighted by Crippen LogP contribution is -2.56. The van der Waals surface area contributed by atoms with Crippen molar-refractivity contribution in [3.8, 4) is 0 Å². The van der Waals surface area contributed by atoms with E-state index in [1.54, 1.807) is 12.4 Å². The molecule has 0 bridgehead atoms. The third kappa shape index (κ3) is 3.02. The molecule has 98 valence electrons. The molecule has 18 heavy (non-hydrogen) atoms. The van der Waals surface area contributed by atoms with Crippen molar-refractivity contribution in [2.75, 3.05) is 18.0 Å². The van der Waals surface area contributed by atoms with Gasteiger partial charge >= 0.3 is 0 Å². The minimum atomic E-state index is -0.158. The molecule has 0 aromatic carbocycles. The number of halogens is 1. The second-order valence-corrected chi connectivity index (χ2v) is 6.52. The smallest absolute Gasteiger partial charge is 0.227 e. The SMILES string of the molecule is CC(C)(C)NC(=O)C1CN(c2ccncc2Br)C1. The predicted molar refractivity (Wildman–Crippen MR) is 75.5 cm³/mol. The molecule has 0 radical (unpaired) electrons. The summed E-state index contributed by atoms with van der Waals surface area (Å²) in [4.78, 5) is 18.2. The number of aromatic nitrogens is 1. The minimum Gasteiger partial charge on any atom is -0.369 e. The molecule has 0 unspecified atom stereocenters. The van der Waals surface area contributed by atoms with Crippen molar-refractivity contribution in [3.63, 3.8) is 0 Å². The highest BCUT2D eigenvalue weighted by atomic mass is 79.9. The van der Waals surface area contributed by atoms with Gasteiger partial charge in [0.1, 0.15) is 0 Å². The van der Waals surface area contributed by atoms with Crippen LogP contribution in [-0.4, -0.2) is 29.5 Å². The van der Waals surface area contributed by atoms with E-state index in [2.05, 4.69) is 31.1 Å². The van der Waals surface area contributed by atoms with Gasteiger partial charge in [0.2, 0.25) is 5.91 Å². The molecule has 5 heteroatoms. The lowest BCUT2D eigenvalue weighted by Gasteiger charge is -2.41. The summed E-state index contributed by atoms with van der Waals surface area (Å²) in [6.45, 7) is 7.54. The predicted octanol–water partition coefficient (Wildman–Crippen LogP) is 2.20. The first kappa shape index (κ1) is 13.3. The van der Waals surface area contributed by atoms with Gasteiger partial charge in [-0.1, -0.05) is 0 Å². The number of pyridine rings is 1. The highest BCUT2D eigenvalue weighted by molar-refractivity contribution is 9.10. The van der Waals surface area contributed by atoms with Crippen LogP contribution in [0.5, 0.6) is 0 Å². The summed E-state index contributed by atoms with van der Waals surface area (Å²) in [6.07, 6.45) is 3.54. The summed E-state index contributed by atoms with van der Waals surface area (Å²) >= 11 is 3.47. The Labute approximate surface area is 116 Å². The molecule has 2 heterocycles. The van der Waals surface area contributed by atoms with Crippen LogP contribution >= 0.6 is 15.9 Å². The fourth-order valence-corrected chi connectivity index (χ4v) is 2.44. The Morgan fingerprint density at radius 2 is 2.17 bits per heavy atom. The van der Waals surface area contributed by atoms with E-state index in [9.17, 15) is 4.79 Å². The molecule has 1 aromatic heterocycles. The molecule has 0 saturated carbocycles. The number of nitrogens with zero attached hydrogens (tertiary/aromatic N) is 2. The van der Waals surface area contributed by atoms with Gasteiger partial charge in [-0.05, 0) is 42.8 Å². The van der Waals surface area contributed by atoms with Gasteiger partial charge in [-0.2, -0.15) is 0 Å². The van der Waals surface area contributed by atoms with Crippen molar-refractivity contribution in [3.05, 3.63) is 22.9 Å². The van der Waals surface area contributed by atoms with Gasteiger partial charge < -0.3 is 10.2 Å². The Bertz CT molecular complexity index is 450. The second kappa shape index (κ2) is 4.88. The molecule has 1 N–H and O–H groups in total. The van der Waals surface area contributed by atoms with Crippen LogP contribution < -0.4 is 10.2 Å². The maximum Gasteiger partial charge on any atom is 0.227 e. The quantitative estimate of drug-likeness (QED) is 0.910. The van der Waals surface area contributed by atoms with Crippen molar-refractivity contribution in [2.24, 2.45) is 5.92 Å². The Balaban J connectivity index is 1.91. The van der Waals surface area contributed by atoms with E-state index in [0.29, 0.717) is 0 Å². The van der Waals surface area contributed by atoms with Gasteiger partial charge in [0.25, 0.3) is 0 Å². The molecule has 1 aliphatic heterocycles. The number of nitrogens with one attached hydrogen (secondary N) is 1. The van der Waals surface area contributed by atoms with Crippen molar-refractivity contribution in [2.45, 2.75) is 26.3 Å².